The number of fused-ring (bicyclic) bond motifs is 4. The smallest absolute Gasteiger partial charge is 0.303 e. The first kappa shape index (κ1) is 29.5. The molecule has 1 N–H and O–H groups in total. The van der Waals surface area contributed by atoms with Crippen molar-refractivity contribution in [1.82, 2.24) is 14.8 Å². The third kappa shape index (κ3) is 6.78. The average Bonchev–Trinajstić information content (AvgIpc) is 2.86. The van der Waals surface area contributed by atoms with E-state index in [-0.39, 0.29) is 24.0 Å². The van der Waals surface area contributed by atoms with Gasteiger partial charge in [-0.3, -0.25) is 24.0 Å². The van der Waals surface area contributed by atoms with E-state index in [1.54, 1.807) is 12.1 Å². The summed E-state index contributed by atoms with van der Waals surface area (Å²) in [5.41, 5.74) is 0.919. The van der Waals surface area contributed by atoms with Crippen molar-refractivity contribution in [3.8, 4) is 0 Å². The highest BCUT2D eigenvalue weighted by Crippen LogP contribution is 2.35. The Morgan fingerprint density at radius 3 is 2.23 bits per heavy atom. The Bertz CT molecular complexity index is 1240. The third-order valence-corrected chi connectivity index (χ3v) is 7.40. The van der Waals surface area contributed by atoms with Gasteiger partial charge in [-0.05, 0) is 30.6 Å². The molecule has 13 nitrogen and oxygen atoms in total. The van der Waals surface area contributed by atoms with Gasteiger partial charge in [-0.15, -0.1) is 0 Å². The summed E-state index contributed by atoms with van der Waals surface area (Å²) in [4.78, 5) is 62.0. The van der Waals surface area contributed by atoms with E-state index >= 15 is 0 Å². The molecular weight excluding hydrogens is 546 g/mol. The molecule has 1 aromatic rings. The lowest BCUT2D eigenvalue weighted by molar-refractivity contribution is -0.255. The number of rotatable bonds is 6. The van der Waals surface area contributed by atoms with Gasteiger partial charge in [-0.25, -0.2) is 0 Å². The van der Waals surface area contributed by atoms with E-state index < -0.39 is 54.5 Å². The Balaban J connectivity index is 1.59. The summed E-state index contributed by atoms with van der Waals surface area (Å²) in [5, 5.41) is 3.37. The number of nitrogens with one attached hydrogen (secondary N) is 1. The Morgan fingerprint density at radius 1 is 0.925 bits per heavy atom. The molecule has 218 valence electrons. The number of piperidine rings is 1. The van der Waals surface area contributed by atoms with Gasteiger partial charge in [0.05, 0.1) is 0 Å². The molecule has 0 spiro atoms. The van der Waals surface area contributed by atoms with Crippen molar-refractivity contribution in [3.63, 3.8) is 0 Å². The van der Waals surface area contributed by atoms with Gasteiger partial charge in [0.1, 0.15) is 12.7 Å². The van der Waals surface area contributed by atoms with Crippen LogP contribution in [0.5, 0.6) is 0 Å². The van der Waals surface area contributed by atoms with Crippen LogP contribution >= 0.6 is 12.2 Å². The van der Waals surface area contributed by atoms with Gasteiger partial charge >= 0.3 is 23.9 Å². The summed E-state index contributed by atoms with van der Waals surface area (Å²) in [5.74, 6) is -2.46. The maximum Gasteiger partial charge on any atom is 0.303 e. The SMILES string of the molecule is CC(=O)OC[C@@H]1O[C@@H](NC(=S)N2C[C@H]3C[C@@H](C2)c2cccc(=O)n2C3)[C@@H](OC(C)=O)[C@H](OC(C)=O)[C@@H]1OC(C)=O. The van der Waals surface area contributed by atoms with Crippen molar-refractivity contribution in [2.75, 3.05) is 19.7 Å². The Morgan fingerprint density at radius 2 is 1.57 bits per heavy atom. The fourth-order valence-corrected chi connectivity index (χ4v) is 5.89. The predicted octanol–water partition coefficient (Wildman–Crippen LogP) is 0.225. The summed E-state index contributed by atoms with van der Waals surface area (Å²) < 4.78 is 29.4. The van der Waals surface area contributed by atoms with Gasteiger partial charge in [0, 0.05) is 65.0 Å². The van der Waals surface area contributed by atoms with Gasteiger partial charge in [-0.2, -0.15) is 0 Å². The van der Waals surface area contributed by atoms with Crippen LogP contribution in [-0.2, 0) is 49.4 Å². The minimum Gasteiger partial charge on any atom is -0.463 e. The van der Waals surface area contributed by atoms with Crippen LogP contribution in [-0.4, -0.2) is 88.8 Å². The second kappa shape index (κ2) is 12.3. The Labute approximate surface area is 236 Å². The van der Waals surface area contributed by atoms with Gasteiger partial charge in [0.2, 0.25) is 0 Å². The number of carbonyl (C=O) groups excluding carboxylic acids is 4. The lowest BCUT2D eigenvalue weighted by Crippen LogP contribution is -2.67. The van der Waals surface area contributed by atoms with E-state index in [0.717, 1.165) is 26.0 Å². The van der Waals surface area contributed by atoms with Crippen LogP contribution in [0.2, 0.25) is 0 Å². The van der Waals surface area contributed by atoms with Crippen molar-refractivity contribution in [3.05, 3.63) is 34.2 Å². The van der Waals surface area contributed by atoms with Gasteiger partial charge in [0.25, 0.3) is 5.56 Å². The van der Waals surface area contributed by atoms with E-state index in [0.29, 0.717) is 24.7 Å². The molecule has 1 aromatic heterocycles. The molecule has 0 unspecified atom stereocenters. The minimum absolute atomic E-state index is 0.0288. The molecule has 0 amide bonds. The lowest BCUT2D eigenvalue weighted by atomic mass is 9.83. The summed E-state index contributed by atoms with van der Waals surface area (Å²) in [6, 6.07) is 5.25. The summed E-state index contributed by atoms with van der Waals surface area (Å²) in [6.07, 6.45) is -5.11. The molecule has 40 heavy (non-hydrogen) atoms. The maximum atomic E-state index is 12.4. The van der Waals surface area contributed by atoms with Crippen molar-refractivity contribution in [2.45, 2.75) is 77.2 Å². The number of aromatic nitrogens is 1. The largest absolute Gasteiger partial charge is 0.463 e. The fourth-order valence-electron chi connectivity index (χ4n) is 5.62. The zero-order valence-corrected chi connectivity index (χ0v) is 23.5. The van der Waals surface area contributed by atoms with Gasteiger partial charge in [-0.1, -0.05) is 6.07 Å². The van der Waals surface area contributed by atoms with Crippen LogP contribution in [0.15, 0.2) is 23.0 Å². The minimum atomic E-state index is -1.29. The van der Waals surface area contributed by atoms with Crippen LogP contribution in [0.3, 0.4) is 0 Å². The molecule has 0 aromatic carbocycles. The number of esters is 4. The highest BCUT2D eigenvalue weighted by Gasteiger charge is 2.52. The highest BCUT2D eigenvalue weighted by molar-refractivity contribution is 7.80. The zero-order chi connectivity index (χ0) is 29.1. The molecule has 0 aliphatic carbocycles. The second-order valence-corrected chi connectivity index (χ2v) is 10.6. The van der Waals surface area contributed by atoms with Crippen molar-refractivity contribution in [2.24, 2.45) is 5.92 Å². The number of hydrogen-bond acceptors (Lipinski definition) is 11. The highest BCUT2D eigenvalue weighted by atomic mass is 32.1. The molecular formula is C26H33N3O10S. The first-order chi connectivity index (χ1) is 18.9. The van der Waals surface area contributed by atoms with Crippen molar-refractivity contribution in [1.29, 1.82) is 0 Å². The van der Waals surface area contributed by atoms with Crippen molar-refractivity contribution >= 4 is 41.2 Å². The normalized spacial score (nSPS) is 28.9. The molecule has 3 aliphatic heterocycles. The van der Waals surface area contributed by atoms with Crippen molar-refractivity contribution < 1.29 is 42.9 Å². The number of carbonyl (C=O) groups is 4. The lowest BCUT2D eigenvalue weighted by Gasteiger charge is -2.47. The monoisotopic (exact) mass is 579 g/mol. The summed E-state index contributed by atoms with van der Waals surface area (Å²) >= 11 is 5.74. The van der Waals surface area contributed by atoms with Gasteiger partial charge in [0.15, 0.2) is 29.7 Å². The Kier molecular flexibility index (Phi) is 9.08. The molecule has 4 rings (SSSR count). The summed E-state index contributed by atoms with van der Waals surface area (Å²) in [7, 11) is 0. The van der Waals surface area contributed by atoms with Crippen LogP contribution in [0, 0.1) is 5.92 Å². The van der Waals surface area contributed by atoms with Gasteiger partial charge < -0.3 is 38.5 Å². The molecule has 2 saturated heterocycles. The number of hydrogen-bond donors (Lipinski definition) is 1. The fraction of sp³-hybridized carbons (Fsp3) is 0.615. The molecule has 2 bridgehead atoms. The standard InChI is InChI=1S/C26H33N3O10S/c1-13(30)35-12-20-22(36-14(2)31)23(37-15(3)32)24(38-16(4)33)25(39-20)27-26(40)28-9-17-8-18(11-28)19-6-5-7-21(34)29(19)10-17/h5-7,17-18,20,22-25H,8-12H2,1-4H3,(H,27,40)/t17-,18+,20+,22-,23-,24+,25-/m1/s1. The second-order valence-electron chi connectivity index (χ2n) is 10.2. The molecule has 7 atom stereocenters. The Hall–Kier alpha value is -3.52. The first-order valence-electron chi connectivity index (χ1n) is 13.0. The number of likely N-dealkylation sites (tertiary alicyclic amines) is 1. The third-order valence-electron chi connectivity index (χ3n) is 7.02. The zero-order valence-electron chi connectivity index (χ0n) is 22.7. The van der Waals surface area contributed by atoms with E-state index in [4.69, 9.17) is 35.9 Å². The molecule has 2 fully saturated rings. The predicted molar refractivity (Wildman–Crippen MR) is 141 cm³/mol. The van der Waals surface area contributed by atoms with E-state index in [1.165, 1.54) is 13.8 Å². The quantitative estimate of drug-likeness (QED) is 0.278. The molecule has 3 aliphatic rings. The summed E-state index contributed by atoms with van der Waals surface area (Å²) in [6.45, 7) is 6.07. The number of ether oxygens (including phenoxy) is 5. The van der Waals surface area contributed by atoms with E-state index in [2.05, 4.69) is 5.32 Å². The molecule has 14 heteroatoms. The number of pyridine rings is 1. The maximum absolute atomic E-state index is 12.4. The first-order valence-corrected chi connectivity index (χ1v) is 13.4. The van der Waals surface area contributed by atoms with E-state index in [9.17, 15) is 24.0 Å². The topological polar surface area (TPSA) is 152 Å². The molecule has 4 heterocycles. The van der Waals surface area contributed by atoms with E-state index in [1.807, 2.05) is 15.5 Å². The van der Waals surface area contributed by atoms with Crippen LogP contribution in [0.4, 0.5) is 0 Å². The van der Waals surface area contributed by atoms with Crippen LogP contribution in [0.1, 0.15) is 45.7 Å². The van der Waals surface area contributed by atoms with Crippen LogP contribution in [0.25, 0.3) is 0 Å². The average molecular weight is 580 g/mol. The van der Waals surface area contributed by atoms with Crippen LogP contribution < -0.4 is 10.9 Å². The number of thiocarbonyl (C=S) groups is 1. The number of nitrogens with zero attached hydrogens (tertiary/aromatic N) is 2. The molecule has 0 saturated carbocycles. The molecule has 0 radical (unpaired) electrons.